The summed E-state index contributed by atoms with van der Waals surface area (Å²) >= 11 is 0. The lowest BCUT2D eigenvalue weighted by atomic mass is 10.1. The second-order valence-electron chi connectivity index (χ2n) is 11.1. The zero-order valence-electron chi connectivity index (χ0n) is 21.7. The van der Waals surface area contributed by atoms with Crippen molar-refractivity contribution in [3.63, 3.8) is 0 Å². The number of hydrogen-bond donors (Lipinski definition) is 2. The lowest BCUT2D eigenvalue weighted by molar-refractivity contribution is 0.108. The molecule has 9 heteroatoms. The van der Waals surface area contributed by atoms with Crippen LogP contribution in [0.25, 0.3) is 22.2 Å². The Morgan fingerprint density at radius 3 is 2.42 bits per heavy atom. The number of anilines is 2. The van der Waals surface area contributed by atoms with Gasteiger partial charge in [0.25, 0.3) is 0 Å². The molecule has 2 heterocycles. The maximum absolute atomic E-state index is 12.3. The van der Waals surface area contributed by atoms with Crippen LogP contribution in [0, 0.1) is 11.8 Å². The topological polar surface area (TPSA) is 113 Å². The minimum absolute atomic E-state index is 0.0628. The number of hydrogen-bond acceptors (Lipinski definition) is 6. The van der Waals surface area contributed by atoms with E-state index in [1.165, 1.54) is 12.8 Å². The van der Waals surface area contributed by atoms with E-state index < -0.39 is 15.9 Å². The molecule has 6 rings (SSSR count). The van der Waals surface area contributed by atoms with Crippen molar-refractivity contribution in [3.8, 4) is 17.0 Å². The fourth-order valence-corrected chi connectivity index (χ4v) is 6.81. The molecule has 0 unspecified atom stereocenters. The van der Waals surface area contributed by atoms with Crippen LogP contribution < -0.4 is 15.8 Å². The Morgan fingerprint density at radius 2 is 1.76 bits per heavy atom. The van der Waals surface area contributed by atoms with Crippen LogP contribution >= 0.6 is 0 Å². The molecule has 2 aliphatic carbocycles. The van der Waals surface area contributed by atoms with Crippen LogP contribution in [0.5, 0.6) is 5.75 Å². The molecule has 0 bridgehead atoms. The molecule has 2 saturated carbocycles. The predicted molar refractivity (Wildman–Crippen MR) is 149 cm³/mol. The molecular weight excluding hydrogens is 502 g/mol. The molecule has 3 N–H and O–H groups in total. The van der Waals surface area contributed by atoms with Crippen LogP contribution in [0.3, 0.4) is 0 Å². The molecule has 0 radical (unpaired) electrons. The first kappa shape index (κ1) is 25.1. The molecule has 38 heavy (non-hydrogen) atoms. The van der Waals surface area contributed by atoms with Gasteiger partial charge in [-0.25, -0.2) is 13.2 Å². The van der Waals surface area contributed by atoms with E-state index in [9.17, 15) is 13.2 Å². The van der Waals surface area contributed by atoms with E-state index in [4.69, 9.17) is 15.2 Å². The summed E-state index contributed by atoms with van der Waals surface area (Å²) in [6.07, 6.45) is 5.10. The number of rotatable bonds is 8. The summed E-state index contributed by atoms with van der Waals surface area (Å²) in [5.74, 6) is 2.21. The van der Waals surface area contributed by atoms with Gasteiger partial charge >= 0.3 is 6.09 Å². The van der Waals surface area contributed by atoms with E-state index in [1.54, 1.807) is 0 Å². The Bertz CT molecular complexity index is 1440. The maximum atomic E-state index is 12.3. The zero-order chi connectivity index (χ0) is 26.4. The van der Waals surface area contributed by atoms with Gasteiger partial charge in [0.2, 0.25) is 0 Å². The molecule has 202 valence electrons. The van der Waals surface area contributed by atoms with Gasteiger partial charge in [-0.1, -0.05) is 12.1 Å². The van der Waals surface area contributed by atoms with Crippen molar-refractivity contribution in [3.05, 3.63) is 42.5 Å². The largest absolute Gasteiger partial charge is 0.490 e. The number of carbonyl (C=O) groups excluding carboxylic acids is 1. The summed E-state index contributed by atoms with van der Waals surface area (Å²) in [4.78, 5) is 12.3. The molecule has 1 aliphatic heterocycles. The highest BCUT2D eigenvalue weighted by atomic mass is 32.2. The predicted octanol–water partition coefficient (Wildman–Crippen LogP) is 5.60. The van der Waals surface area contributed by atoms with Gasteiger partial charge in [0.1, 0.15) is 18.0 Å². The van der Waals surface area contributed by atoms with Crippen molar-refractivity contribution in [2.75, 3.05) is 22.6 Å². The highest BCUT2D eigenvalue weighted by molar-refractivity contribution is 7.91. The number of aromatic nitrogens is 1. The normalized spacial score (nSPS) is 20.2. The zero-order valence-corrected chi connectivity index (χ0v) is 22.5. The molecule has 0 spiro atoms. The Hall–Kier alpha value is -3.20. The first-order valence-corrected chi connectivity index (χ1v) is 15.4. The third-order valence-electron chi connectivity index (χ3n) is 8.00. The Kier molecular flexibility index (Phi) is 6.50. The van der Waals surface area contributed by atoms with Gasteiger partial charge in [0.05, 0.1) is 28.4 Å². The number of fused-ring (bicyclic) bond motifs is 1. The van der Waals surface area contributed by atoms with Gasteiger partial charge < -0.3 is 19.8 Å². The minimum atomic E-state index is -2.94. The molecule has 3 fully saturated rings. The standard InChI is InChI=1S/C29H35N3O5S/c1-18(20-4-5-20)36-29(33)31-22-8-6-21(7-9-22)28-27(30)25-11-10-24(16-26(25)32(28)17-19-2-3-19)37-23-12-14-38(34,35)15-13-23/h6-11,16,18-20,23H,2-5,12-15,17,30H2,1H3,(H,31,33)/t18-/m1/s1. The molecule has 8 nitrogen and oxygen atoms in total. The van der Waals surface area contributed by atoms with Gasteiger partial charge in [-0.3, -0.25) is 5.32 Å². The number of nitrogen functional groups attached to an aromatic ring is 1. The lowest BCUT2D eigenvalue weighted by Crippen LogP contribution is -2.30. The molecular formula is C29H35N3O5S. The van der Waals surface area contributed by atoms with Crippen LogP contribution in [0.4, 0.5) is 16.2 Å². The summed E-state index contributed by atoms with van der Waals surface area (Å²) in [5.41, 5.74) is 11.1. The minimum Gasteiger partial charge on any atom is -0.490 e. The number of benzene rings is 2. The number of sulfone groups is 1. The summed E-state index contributed by atoms with van der Waals surface area (Å²) < 4.78 is 37.6. The second kappa shape index (κ2) is 9.84. The van der Waals surface area contributed by atoms with Crippen LogP contribution in [0.2, 0.25) is 0 Å². The second-order valence-corrected chi connectivity index (χ2v) is 13.4. The van der Waals surface area contributed by atoms with Crippen molar-refractivity contribution >= 4 is 38.2 Å². The van der Waals surface area contributed by atoms with Crippen molar-refractivity contribution in [1.29, 1.82) is 0 Å². The van der Waals surface area contributed by atoms with E-state index in [0.717, 1.165) is 47.3 Å². The molecule has 1 amide bonds. The molecule has 3 aliphatic rings. The van der Waals surface area contributed by atoms with E-state index in [0.29, 0.717) is 36.1 Å². The number of nitrogens with two attached hydrogens (primary N) is 1. The van der Waals surface area contributed by atoms with Gasteiger partial charge in [-0.15, -0.1) is 0 Å². The summed E-state index contributed by atoms with van der Waals surface area (Å²) in [5, 5.41) is 3.80. The Labute approximate surface area is 223 Å². The first-order chi connectivity index (χ1) is 18.3. The average molecular weight is 538 g/mol. The van der Waals surface area contributed by atoms with Crippen LogP contribution in [0.15, 0.2) is 42.5 Å². The van der Waals surface area contributed by atoms with E-state index in [2.05, 4.69) is 9.88 Å². The van der Waals surface area contributed by atoms with Gasteiger partial charge in [0.15, 0.2) is 9.84 Å². The molecule has 1 saturated heterocycles. The number of ether oxygens (including phenoxy) is 2. The number of nitrogens with zero attached hydrogens (tertiary/aromatic N) is 1. The summed E-state index contributed by atoms with van der Waals surface area (Å²) in [7, 11) is -2.94. The van der Waals surface area contributed by atoms with Crippen molar-refractivity contribution in [2.24, 2.45) is 11.8 Å². The van der Waals surface area contributed by atoms with E-state index in [1.807, 2.05) is 49.4 Å². The quantitative estimate of drug-likeness (QED) is 0.387. The van der Waals surface area contributed by atoms with Gasteiger partial charge in [0, 0.05) is 29.2 Å². The fraction of sp³-hybridized carbons (Fsp3) is 0.483. The Balaban J connectivity index is 1.25. The highest BCUT2D eigenvalue weighted by Crippen LogP contribution is 2.41. The average Bonchev–Trinajstić information content (AvgIpc) is 3.80. The van der Waals surface area contributed by atoms with E-state index in [-0.39, 0.29) is 23.7 Å². The van der Waals surface area contributed by atoms with Crippen LogP contribution in [0.1, 0.15) is 45.4 Å². The van der Waals surface area contributed by atoms with Gasteiger partial charge in [-0.05, 0) is 81.5 Å². The van der Waals surface area contributed by atoms with E-state index >= 15 is 0 Å². The van der Waals surface area contributed by atoms with Crippen molar-refractivity contribution in [1.82, 2.24) is 4.57 Å². The first-order valence-electron chi connectivity index (χ1n) is 13.6. The number of amides is 1. The monoisotopic (exact) mass is 537 g/mol. The SMILES string of the molecule is C[C@@H](OC(=O)Nc1ccc(-c2c(N)c3ccc(OC4CCS(=O)(=O)CC4)cc3n2CC2CC2)cc1)C1CC1. The van der Waals surface area contributed by atoms with Gasteiger partial charge in [-0.2, -0.15) is 0 Å². The molecule has 2 aromatic carbocycles. The van der Waals surface area contributed by atoms with Crippen molar-refractivity contribution in [2.45, 2.75) is 64.2 Å². The highest BCUT2D eigenvalue weighted by Gasteiger charge is 2.31. The fourth-order valence-electron chi connectivity index (χ4n) is 5.36. The van der Waals surface area contributed by atoms with Crippen LogP contribution in [-0.2, 0) is 21.1 Å². The van der Waals surface area contributed by atoms with Crippen molar-refractivity contribution < 1.29 is 22.7 Å². The molecule has 1 aromatic heterocycles. The summed E-state index contributed by atoms with van der Waals surface area (Å²) in [6.45, 7) is 2.82. The third-order valence-corrected chi connectivity index (χ3v) is 9.72. The Morgan fingerprint density at radius 1 is 1.05 bits per heavy atom. The number of nitrogens with one attached hydrogen (secondary N) is 1. The molecule has 3 aromatic rings. The maximum Gasteiger partial charge on any atom is 0.411 e. The van der Waals surface area contributed by atoms with Crippen LogP contribution in [-0.4, -0.2) is 42.8 Å². The number of carbonyl (C=O) groups is 1. The third kappa shape index (κ3) is 5.48. The summed E-state index contributed by atoms with van der Waals surface area (Å²) in [6, 6.07) is 13.7. The smallest absolute Gasteiger partial charge is 0.411 e. The lowest BCUT2D eigenvalue weighted by Gasteiger charge is -2.23. The molecule has 1 atom stereocenters.